The van der Waals surface area contributed by atoms with Gasteiger partial charge in [0.2, 0.25) is 0 Å². The molecule has 0 spiro atoms. The molecule has 2 aromatic heterocycles. The maximum Gasteiger partial charge on any atom is 0.270 e. The van der Waals surface area contributed by atoms with Crippen molar-refractivity contribution >= 4 is 57.3 Å². The lowest BCUT2D eigenvalue weighted by atomic mass is 10.1. The summed E-state index contributed by atoms with van der Waals surface area (Å²) in [5.41, 5.74) is 1.18. The van der Waals surface area contributed by atoms with Gasteiger partial charge in [-0.2, -0.15) is 5.26 Å². The lowest BCUT2D eigenvalue weighted by molar-refractivity contribution is -0.384. The van der Waals surface area contributed by atoms with E-state index >= 15 is 0 Å². The fourth-order valence-electron chi connectivity index (χ4n) is 3.11. The number of carbonyl (C=O) groups is 1. The topological polar surface area (TPSA) is 122 Å². The molecule has 0 atom stereocenters. The number of thiazole rings is 1. The highest BCUT2D eigenvalue weighted by atomic mass is 35.5. The number of benzene rings is 2. The number of non-ortho nitro benzene ring substituents is 1. The van der Waals surface area contributed by atoms with Gasteiger partial charge in [0.05, 0.1) is 15.0 Å². The summed E-state index contributed by atoms with van der Waals surface area (Å²) < 4.78 is 5.66. The van der Waals surface area contributed by atoms with Crippen LogP contribution >= 0.6 is 34.5 Å². The van der Waals surface area contributed by atoms with Crippen LogP contribution < -0.4 is 5.32 Å². The van der Waals surface area contributed by atoms with Gasteiger partial charge in [0.15, 0.2) is 5.13 Å². The molecule has 174 valence electrons. The van der Waals surface area contributed by atoms with Gasteiger partial charge in [-0.05, 0) is 29.8 Å². The molecule has 35 heavy (non-hydrogen) atoms. The van der Waals surface area contributed by atoms with Crippen LogP contribution in [0.2, 0.25) is 10.0 Å². The average Bonchev–Trinajstić information content (AvgIpc) is 3.49. The van der Waals surface area contributed by atoms with E-state index in [1.165, 1.54) is 29.5 Å². The molecule has 11 heteroatoms. The average molecular weight is 525 g/mol. The Labute approximate surface area is 213 Å². The smallest absolute Gasteiger partial charge is 0.270 e. The van der Waals surface area contributed by atoms with Gasteiger partial charge >= 0.3 is 0 Å². The Kier molecular flexibility index (Phi) is 7.27. The predicted octanol–water partition coefficient (Wildman–Crippen LogP) is 6.75. The Morgan fingerprint density at radius 2 is 2.03 bits per heavy atom. The van der Waals surface area contributed by atoms with Crippen LogP contribution in [0.15, 0.2) is 70.8 Å². The standard InChI is InChI=1S/C24H14Cl2N4O4S/c25-20-6-4-14(9-21(20)26)8-19-13-28-24(35-19)29-23(31)16(12-27)11-18-5-7-22(34-18)15-2-1-3-17(10-15)30(32)33/h1-7,9-11,13H,8H2,(H,28,29,31)/b16-11+. The van der Waals surface area contributed by atoms with Crippen LogP contribution in [0, 0.1) is 21.4 Å². The van der Waals surface area contributed by atoms with E-state index in [0.29, 0.717) is 32.9 Å². The zero-order chi connectivity index (χ0) is 24.9. The molecular formula is C24H14Cl2N4O4S. The summed E-state index contributed by atoms with van der Waals surface area (Å²) in [5.74, 6) is -0.0293. The van der Waals surface area contributed by atoms with E-state index in [9.17, 15) is 20.2 Å². The molecular weight excluding hydrogens is 511 g/mol. The Balaban J connectivity index is 1.45. The lowest BCUT2D eigenvalue weighted by Gasteiger charge is -2.01. The van der Waals surface area contributed by atoms with Crippen molar-refractivity contribution in [3.63, 3.8) is 0 Å². The monoisotopic (exact) mass is 524 g/mol. The number of rotatable bonds is 7. The Bertz CT molecular complexity index is 1500. The summed E-state index contributed by atoms with van der Waals surface area (Å²) in [5, 5.41) is 24.3. The fraction of sp³-hybridized carbons (Fsp3) is 0.0417. The van der Waals surface area contributed by atoms with Crippen LogP contribution in [-0.2, 0) is 11.2 Å². The minimum absolute atomic E-state index is 0.0740. The zero-order valence-corrected chi connectivity index (χ0v) is 20.0. The number of hydrogen-bond donors (Lipinski definition) is 1. The number of anilines is 1. The third-order valence-electron chi connectivity index (χ3n) is 4.76. The van der Waals surface area contributed by atoms with E-state index < -0.39 is 10.8 Å². The molecule has 0 aliphatic heterocycles. The summed E-state index contributed by atoms with van der Waals surface area (Å²) in [6.07, 6.45) is 3.48. The first-order valence-corrected chi connectivity index (χ1v) is 11.6. The van der Waals surface area contributed by atoms with E-state index in [2.05, 4.69) is 10.3 Å². The van der Waals surface area contributed by atoms with Gasteiger partial charge in [-0.1, -0.05) is 41.4 Å². The van der Waals surface area contributed by atoms with Gasteiger partial charge in [-0.3, -0.25) is 20.2 Å². The molecule has 0 unspecified atom stereocenters. The normalized spacial score (nSPS) is 11.2. The van der Waals surface area contributed by atoms with Gasteiger partial charge < -0.3 is 4.42 Å². The molecule has 2 heterocycles. The highest BCUT2D eigenvalue weighted by Crippen LogP contribution is 2.28. The summed E-state index contributed by atoms with van der Waals surface area (Å²) >= 11 is 13.3. The van der Waals surface area contributed by atoms with Crippen molar-refractivity contribution in [2.24, 2.45) is 0 Å². The van der Waals surface area contributed by atoms with Crippen LogP contribution in [0.25, 0.3) is 17.4 Å². The number of aromatic nitrogens is 1. The number of nitro benzene ring substituents is 1. The van der Waals surface area contributed by atoms with Crippen molar-refractivity contribution in [1.29, 1.82) is 5.26 Å². The number of nitro groups is 1. The van der Waals surface area contributed by atoms with E-state index in [1.807, 2.05) is 12.1 Å². The number of furan rings is 1. The first-order chi connectivity index (χ1) is 16.8. The molecule has 4 aromatic rings. The molecule has 8 nitrogen and oxygen atoms in total. The predicted molar refractivity (Wildman–Crippen MR) is 134 cm³/mol. The summed E-state index contributed by atoms with van der Waals surface area (Å²) in [6, 6.07) is 16.3. The summed E-state index contributed by atoms with van der Waals surface area (Å²) in [6.45, 7) is 0. The SMILES string of the molecule is N#C/C(=C\c1ccc(-c2cccc([N+](=O)[O-])c2)o1)C(=O)Nc1ncc(Cc2ccc(Cl)c(Cl)c2)s1. The number of halogens is 2. The van der Waals surface area contributed by atoms with E-state index in [-0.39, 0.29) is 17.0 Å². The molecule has 0 radical (unpaired) electrons. The fourth-order valence-corrected chi connectivity index (χ4v) is 4.27. The second-order valence-corrected chi connectivity index (χ2v) is 9.12. The van der Waals surface area contributed by atoms with Crippen molar-refractivity contribution in [3.8, 4) is 17.4 Å². The number of nitrogens with zero attached hydrogens (tertiary/aromatic N) is 3. The van der Waals surface area contributed by atoms with Crippen LogP contribution in [0.3, 0.4) is 0 Å². The van der Waals surface area contributed by atoms with Crippen molar-refractivity contribution in [2.75, 3.05) is 5.32 Å². The van der Waals surface area contributed by atoms with E-state index in [1.54, 1.807) is 42.6 Å². The Hall–Kier alpha value is -3.97. The number of hydrogen-bond acceptors (Lipinski definition) is 7. The number of nitriles is 1. The molecule has 0 fully saturated rings. The van der Waals surface area contributed by atoms with Crippen LogP contribution in [0.4, 0.5) is 10.8 Å². The minimum atomic E-state index is -0.642. The highest BCUT2D eigenvalue weighted by Gasteiger charge is 2.15. The van der Waals surface area contributed by atoms with Crippen LogP contribution in [0.5, 0.6) is 0 Å². The molecule has 0 aliphatic carbocycles. The second kappa shape index (κ2) is 10.5. The molecule has 4 rings (SSSR count). The molecule has 1 amide bonds. The van der Waals surface area contributed by atoms with Gasteiger partial charge in [-0.15, -0.1) is 11.3 Å². The van der Waals surface area contributed by atoms with Gasteiger partial charge in [0.1, 0.15) is 23.2 Å². The molecule has 2 aromatic carbocycles. The molecule has 1 N–H and O–H groups in total. The molecule has 0 aliphatic rings. The largest absolute Gasteiger partial charge is 0.457 e. The highest BCUT2D eigenvalue weighted by molar-refractivity contribution is 7.15. The minimum Gasteiger partial charge on any atom is -0.457 e. The third-order valence-corrected chi connectivity index (χ3v) is 6.41. The first-order valence-electron chi connectivity index (χ1n) is 9.99. The van der Waals surface area contributed by atoms with Crippen molar-refractivity contribution < 1.29 is 14.1 Å². The van der Waals surface area contributed by atoms with Gasteiger partial charge in [0.25, 0.3) is 11.6 Å². The second-order valence-electron chi connectivity index (χ2n) is 7.19. The summed E-state index contributed by atoms with van der Waals surface area (Å²) in [4.78, 5) is 28.2. The first kappa shape index (κ1) is 24.2. The van der Waals surface area contributed by atoms with Crippen LogP contribution in [-0.4, -0.2) is 15.8 Å². The molecule has 0 bridgehead atoms. The Morgan fingerprint density at radius 3 is 2.77 bits per heavy atom. The Morgan fingerprint density at radius 1 is 1.20 bits per heavy atom. The number of carbonyl (C=O) groups excluding carboxylic acids is 1. The quantitative estimate of drug-likeness (QED) is 0.123. The third kappa shape index (κ3) is 5.94. The van der Waals surface area contributed by atoms with Gasteiger partial charge in [-0.25, -0.2) is 4.98 Å². The van der Waals surface area contributed by atoms with Crippen molar-refractivity contribution in [3.05, 3.63) is 103 Å². The maximum atomic E-state index is 12.6. The number of amides is 1. The zero-order valence-electron chi connectivity index (χ0n) is 17.7. The van der Waals surface area contributed by atoms with E-state index in [0.717, 1.165) is 10.4 Å². The lowest BCUT2D eigenvalue weighted by Crippen LogP contribution is -2.13. The summed E-state index contributed by atoms with van der Waals surface area (Å²) in [7, 11) is 0. The van der Waals surface area contributed by atoms with Crippen molar-refractivity contribution in [1.82, 2.24) is 4.98 Å². The van der Waals surface area contributed by atoms with E-state index in [4.69, 9.17) is 27.6 Å². The molecule has 0 saturated heterocycles. The van der Waals surface area contributed by atoms with Gasteiger partial charge in [0, 0.05) is 41.3 Å². The van der Waals surface area contributed by atoms with Crippen LogP contribution in [0.1, 0.15) is 16.2 Å². The maximum absolute atomic E-state index is 12.6. The van der Waals surface area contributed by atoms with Crippen molar-refractivity contribution in [2.45, 2.75) is 6.42 Å². The number of nitrogens with one attached hydrogen (secondary N) is 1. The molecule has 0 saturated carbocycles.